The molecule has 0 saturated carbocycles. The van der Waals surface area contributed by atoms with E-state index in [1.54, 1.807) is 24.3 Å². The van der Waals surface area contributed by atoms with Crippen LogP contribution in [0.5, 0.6) is 0 Å². The third-order valence-corrected chi connectivity index (χ3v) is 4.28. The highest BCUT2D eigenvalue weighted by molar-refractivity contribution is 6.32. The predicted octanol–water partition coefficient (Wildman–Crippen LogP) is 4.00. The molecule has 1 aliphatic heterocycles. The van der Waals surface area contributed by atoms with Crippen molar-refractivity contribution in [2.45, 2.75) is 5.79 Å². The molecule has 0 bridgehead atoms. The molecule has 0 amide bonds. The van der Waals surface area contributed by atoms with Crippen LogP contribution in [0.1, 0.15) is 16.7 Å². The molecule has 3 aromatic carbocycles. The van der Waals surface area contributed by atoms with Gasteiger partial charge in [0.05, 0.1) is 5.57 Å². The van der Waals surface area contributed by atoms with E-state index in [2.05, 4.69) is 0 Å². The number of hydrogen-bond acceptors (Lipinski definition) is 3. The summed E-state index contributed by atoms with van der Waals surface area (Å²) in [5.41, 5.74) is 2.28. The zero-order chi connectivity index (χ0) is 17.3. The Morgan fingerprint density at radius 3 is 1.72 bits per heavy atom. The molecule has 0 aliphatic carbocycles. The van der Waals surface area contributed by atoms with Crippen molar-refractivity contribution < 1.29 is 14.6 Å². The zero-order valence-corrected chi connectivity index (χ0v) is 13.4. The third kappa shape index (κ3) is 2.55. The Morgan fingerprint density at radius 2 is 1.16 bits per heavy atom. The van der Waals surface area contributed by atoms with Gasteiger partial charge in [0.2, 0.25) is 5.78 Å². The second-order valence-electron chi connectivity index (χ2n) is 5.88. The molecule has 0 saturated heterocycles. The van der Waals surface area contributed by atoms with Gasteiger partial charge in [0.15, 0.2) is 0 Å². The number of Topliss-reactive ketones (excluding diaryl/α,β-unsaturated/α-hetero) is 1. The maximum absolute atomic E-state index is 13.2. The Hall–Kier alpha value is -3.17. The molecule has 0 fully saturated rings. The summed E-state index contributed by atoms with van der Waals surface area (Å²) in [4.78, 5) is 13.2. The lowest BCUT2D eigenvalue weighted by atomic mass is 9.93. The maximum Gasteiger partial charge on any atom is 0.300 e. The summed E-state index contributed by atoms with van der Waals surface area (Å²) in [6.45, 7) is 0. The van der Waals surface area contributed by atoms with Gasteiger partial charge in [-0.3, -0.25) is 4.79 Å². The second kappa shape index (κ2) is 6.04. The Morgan fingerprint density at radius 1 is 0.680 bits per heavy atom. The smallest absolute Gasteiger partial charge is 0.300 e. The molecule has 0 spiro atoms. The van der Waals surface area contributed by atoms with Crippen LogP contribution in [-0.4, -0.2) is 10.9 Å². The molecular formula is C22H16O3. The first-order chi connectivity index (χ1) is 12.2. The fraction of sp³-hybridized carbons (Fsp3) is 0.0455. The Bertz CT molecular complexity index is 931. The Balaban J connectivity index is 1.90. The predicted molar refractivity (Wildman–Crippen MR) is 96.1 cm³/mol. The van der Waals surface area contributed by atoms with Crippen molar-refractivity contribution in [2.24, 2.45) is 0 Å². The van der Waals surface area contributed by atoms with Crippen LogP contribution in [0, 0.1) is 0 Å². The van der Waals surface area contributed by atoms with Gasteiger partial charge in [-0.05, 0) is 5.56 Å². The number of hydrogen-bond donors (Lipinski definition) is 1. The van der Waals surface area contributed by atoms with Gasteiger partial charge < -0.3 is 9.84 Å². The molecule has 1 N–H and O–H groups in total. The van der Waals surface area contributed by atoms with Gasteiger partial charge >= 0.3 is 0 Å². The van der Waals surface area contributed by atoms with Crippen LogP contribution in [0.4, 0.5) is 0 Å². The highest BCUT2D eigenvalue weighted by Crippen LogP contribution is 2.44. The minimum Gasteiger partial charge on any atom is -0.449 e. The molecule has 1 heterocycles. The lowest BCUT2D eigenvalue weighted by Crippen LogP contribution is -2.34. The number of carbonyl (C=O) groups excluding carboxylic acids is 1. The minimum absolute atomic E-state index is 0.387. The molecular weight excluding hydrogens is 312 g/mol. The van der Waals surface area contributed by atoms with Gasteiger partial charge in [0, 0.05) is 11.1 Å². The van der Waals surface area contributed by atoms with Gasteiger partial charge in [-0.25, -0.2) is 0 Å². The van der Waals surface area contributed by atoms with Crippen LogP contribution in [0.3, 0.4) is 0 Å². The van der Waals surface area contributed by atoms with Crippen LogP contribution in [-0.2, 0) is 15.3 Å². The van der Waals surface area contributed by atoms with E-state index in [1.807, 2.05) is 66.7 Å². The van der Waals surface area contributed by atoms with Crippen molar-refractivity contribution in [2.75, 3.05) is 0 Å². The summed E-state index contributed by atoms with van der Waals surface area (Å²) in [5.74, 6) is -2.08. The van der Waals surface area contributed by atoms with Gasteiger partial charge in [-0.2, -0.15) is 0 Å². The first-order valence-corrected chi connectivity index (χ1v) is 8.07. The normalized spacial score (nSPS) is 19.8. The summed E-state index contributed by atoms with van der Waals surface area (Å²) in [5, 5.41) is 11.1. The van der Waals surface area contributed by atoms with Crippen LogP contribution in [0.25, 0.3) is 11.3 Å². The van der Waals surface area contributed by atoms with Gasteiger partial charge in [-0.1, -0.05) is 91.0 Å². The summed E-state index contributed by atoms with van der Waals surface area (Å²) in [6.07, 6.45) is 0. The van der Waals surface area contributed by atoms with Crippen molar-refractivity contribution in [3.8, 4) is 0 Å². The SMILES string of the molecule is O=C1C(c2ccccc2)=C(c2ccccc2)O[C@@]1(O)c1ccccc1. The quantitative estimate of drug-likeness (QED) is 0.790. The number of aliphatic hydroxyl groups is 1. The van der Waals surface area contributed by atoms with Crippen LogP contribution >= 0.6 is 0 Å². The van der Waals surface area contributed by atoms with Crippen molar-refractivity contribution in [3.63, 3.8) is 0 Å². The molecule has 0 radical (unpaired) electrons. The number of carbonyl (C=O) groups is 1. The van der Waals surface area contributed by atoms with Crippen LogP contribution < -0.4 is 0 Å². The molecule has 122 valence electrons. The van der Waals surface area contributed by atoms with Crippen molar-refractivity contribution in [3.05, 3.63) is 108 Å². The van der Waals surface area contributed by atoms with Gasteiger partial charge in [-0.15, -0.1) is 0 Å². The van der Waals surface area contributed by atoms with E-state index in [-0.39, 0.29) is 0 Å². The molecule has 0 unspecified atom stereocenters. The van der Waals surface area contributed by atoms with E-state index < -0.39 is 11.6 Å². The summed E-state index contributed by atoms with van der Waals surface area (Å²) >= 11 is 0. The Kier molecular flexibility index (Phi) is 3.71. The zero-order valence-electron chi connectivity index (χ0n) is 13.4. The van der Waals surface area contributed by atoms with Crippen LogP contribution in [0.2, 0.25) is 0 Å². The molecule has 3 heteroatoms. The lowest BCUT2D eigenvalue weighted by Gasteiger charge is -2.22. The van der Waals surface area contributed by atoms with E-state index in [4.69, 9.17) is 4.74 Å². The highest BCUT2D eigenvalue weighted by Gasteiger charge is 2.50. The maximum atomic E-state index is 13.2. The molecule has 25 heavy (non-hydrogen) atoms. The first kappa shape index (κ1) is 15.4. The largest absolute Gasteiger partial charge is 0.449 e. The second-order valence-corrected chi connectivity index (χ2v) is 5.88. The number of benzene rings is 3. The van der Waals surface area contributed by atoms with E-state index in [0.29, 0.717) is 16.9 Å². The van der Waals surface area contributed by atoms with Crippen molar-refractivity contribution in [1.82, 2.24) is 0 Å². The molecule has 3 aromatic rings. The van der Waals surface area contributed by atoms with Crippen LogP contribution in [0.15, 0.2) is 91.0 Å². The average molecular weight is 328 g/mol. The molecule has 1 atom stereocenters. The summed E-state index contributed by atoms with van der Waals surface area (Å²) in [7, 11) is 0. The fourth-order valence-corrected chi connectivity index (χ4v) is 3.03. The molecule has 3 nitrogen and oxygen atoms in total. The molecule has 4 rings (SSSR count). The standard InChI is InChI=1S/C22H16O3/c23-21-19(16-10-4-1-5-11-16)20(17-12-6-2-7-13-17)25-22(21,24)18-14-8-3-9-15-18/h1-15,24H/t22-/m0/s1. The lowest BCUT2D eigenvalue weighted by molar-refractivity contribution is -0.173. The molecule has 0 aromatic heterocycles. The monoisotopic (exact) mass is 328 g/mol. The Labute approximate surface area is 145 Å². The van der Waals surface area contributed by atoms with Crippen molar-refractivity contribution >= 4 is 17.1 Å². The van der Waals surface area contributed by atoms with E-state index in [9.17, 15) is 9.90 Å². The minimum atomic E-state index is -2.02. The van der Waals surface area contributed by atoms with Gasteiger partial charge in [0.25, 0.3) is 5.79 Å². The summed E-state index contributed by atoms with van der Waals surface area (Å²) in [6, 6.07) is 27.4. The number of ketones is 1. The van der Waals surface area contributed by atoms with E-state index >= 15 is 0 Å². The molecule has 1 aliphatic rings. The van der Waals surface area contributed by atoms with Gasteiger partial charge in [0.1, 0.15) is 5.76 Å². The third-order valence-electron chi connectivity index (χ3n) is 4.28. The number of rotatable bonds is 3. The van der Waals surface area contributed by atoms with E-state index in [0.717, 1.165) is 11.1 Å². The topological polar surface area (TPSA) is 46.5 Å². The number of ether oxygens (including phenoxy) is 1. The average Bonchev–Trinajstić information content (AvgIpc) is 2.96. The highest BCUT2D eigenvalue weighted by atomic mass is 16.6. The fourth-order valence-electron chi connectivity index (χ4n) is 3.03. The first-order valence-electron chi connectivity index (χ1n) is 8.07. The summed E-state index contributed by atoms with van der Waals surface area (Å²) < 4.78 is 5.89. The van der Waals surface area contributed by atoms with E-state index in [1.165, 1.54) is 0 Å². The van der Waals surface area contributed by atoms with Crippen molar-refractivity contribution in [1.29, 1.82) is 0 Å².